The van der Waals surface area contributed by atoms with E-state index in [0.29, 0.717) is 17.6 Å². The second kappa shape index (κ2) is 5.39. The molecule has 2 nitrogen and oxygen atoms in total. The van der Waals surface area contributed by atoms with E-state index >= 15 is 0 Å². The Morgan fingerprint density at radius 3 is 2.44 bits per heavy atom. The molecule has 1 aliphatic carbocycles. The zero-order chi connectivity index (χ0) is 13.1. The van der Waals surface area contributed by atoms with Crippen LogP contribution in [0.2, 0.25) is 0 Å². The maximum atomic E-state index is 13.5. The summed E-state index contributed by atoms with van der Waals surface area (Å²) in [7, 11) is 0. The van der Waals surface area contributed by atoms with Gasteiger partial charge in [0.05, 0.1) is 11.7 Å². The first-order chi connectivity index (χ1) is 8.58. The molecule has 1 fully saturated rings. The van der Waals surface area contributed by atoms with Crippen molar-refractivity contribution in [2.24, 2.45) is 11.8 Å². The van der Waals surface area contributed by atoms with E-state index in [4.69, 9.17) is 10.00 Å². The molecule has 1 aromatic rings. The fourth-order valence-electron chi connectivity index (χ4n) is 2.82. The Balaban J connectivity index is 2.05. The predicted octanol–water partition coefficient (Wildman–Crippen LogP) is 3.90. The third-order valence-electron chi connectivity index (χ3n) is 3.50. The first kappa shape index (κ1) is 12.9. The number of hydrogen-bond donors (Lipinski definition) is 0. The first-order valence-corrected chi connectivity index (χ1v) is 6.44. The van der Waals surface area contributed by atoms with Crippen LogP contribution in [0.15, 0.2) is 18.2 Å². The molecule has 2 unspecified atom stereocenters. The normalized spacial score (nSPS) is 27.6. The molecular weight excluding hydrogens is 229 g/mol. The zero-order valence-electron chi connectivity index (χ0n) is 10.8. The number of nitriles is 1. The van der Waals surface area contributed by atoms with Crippen LogP contribution in [0.25, 0.3) is 0 Å². The molecule has 0 radical (unpaired) electrons. The fraction of sp³-hybridized carbons (Fsp3) is 0.533. The van der Waals surface area contributed by atoms with E-state index in [0.717, 1.165) is 12.8 Å². The minimum Gasteiger partial charge on any atom is -0.490 e. The van der Waals surface area contributed by atoms with Crippen LogP contribution in [0.4, 0.5) is 4.39 Å². The van der Waals surface area contributed by atoms with Crippen molar-refractivity contribution in [1.29, 1.82) is 5.26 Å². The SMILES string of the molecule is CC1CC(C)CC(Oc2ccc(C#N)c(F)c2)C1. The Labute approximate surface area is 107 Å². The lowest BCUT2D eigenvalue weighted by atomic mass is 9.82. The maximum Gasteiger partial charge on any atom is 0.144 e. The lowest BCUT2D eigenvalue weighted by Crippen LogP contribution is -2.28. The highest BCUT2D eigenvalue weighted by molar-refractivity contribution is 5.36. The molecule has 3 heteroatoms. The molecule has 0 saturated heterocycles. The second-order valence-electron chi connectivity index (χ2n) is 5.41. The van der Waals surface area contributed by atoms with Gasteiger partial charge in [-0.05, 0) is 43.2 Å². The summed E-state index contributed by atoms with van der Waals surface area (Å²) in [5.41, 5.74) is 0.0627. The van der Waals surface area contributed by atoms with Gasteiger partial charge in [0.25, 0.3) is 0 Å². The highest BCUT2D eigenvalue weighted by atomic mass is 19.1. The molecule has 18 heavy (non-hydrogen) atoms. The topological polar surface area (TPSA) is 33.0 Å². The zero-order valence-corrected chi connectivity index (χ0v) is 10.8. The molecule has 1 aliphatic rings. The molecule has 0 amide bonds. The van der Waals surface area contributed by atoms with Crippen LogP contribution in [0.3, 0.4) is 0 Å². The van der Waals surface area contributed by atoms with Gasteiger partial charge >= 0.3 is 0 Å². The molecule has 0 spiro atoms. The molecule has 1 aromatic carbocycles. The van der Waals surface area contributed by atoms with E-state index in [9.17, 15) is 4.39 Å². The molecule has 0 bridgehead atoms. The number of ether oxygens (including phenoxy) is 1. The maximum absolute atomic E-state index is 13.5. The lowest BCUT2D eigenvalue weighted by Gasteiger charge is -2.31. The Bertz CT molecular complexity index is 456. The van der Waals surface area contributed by atoms with Crippen LogP contribution in [0.5, 0.6) is 5.75 Å². The van der Waals surface area contributed by atoms with Gasteiger partial charge in [-0.15, -0.1) is 0 Å². The largest absolute Gasteiger partial charge is 0.490 e. The summed E-state index contributed by atoms with van der Waals surface area (Å²) in [6, 6.07) is 6.26. The van der Waals surface area contributed by atoms with Crippen molar-refractivity contribution >= 4 is 0 Å². The molecule has 0 aliphatic heterocycles. The first-order valence-electron chi connectivity index (χ1n) is 6.44. The minimum atomic E-state index is -0.507. The second-order valence-corrected chi connectivity index (χ2v) is 5.41. The van der Waals surface area contributed by atoms with E-state index in [2.05, 4.69) is 13.8 Å². The standard InChI is InChI=1S/C15H18FNO/c1-10-5-11(2)7-14(6-10)18-13-4-3-12(9-17)15(16)8-13/h3-4,8,10-11,14H,5-7H2,1-2H3. The van der Waals surface area contributed by atoms with Crippen LogP contribution in [-0.4, -0.2) is 6.10 Å². The van der Waals surface area contributed by atoms with E-state index in [1.807, 2.05) is 6.07 Å². The van der Waals surface area contributed by atoms with Gasteiger partial charge in [-0.1, -0.05) is 13.8 Å². The molecular formula is C15H18FNO. The van der Waals surface area contributed by atoms with Gasteiger partial charge in [0.15, 0.2) is 0 Å². The van der Waals surface area contributed by atoms with E-state index in [1.54, 1.807) is 6.07 Å². The monoisotopic (exact) mass is 247 g/mol. The number of halogens is 1. The van der Waals surface area contributed by atoms with Crippen molar-refractivity contribution in [2.75, 3.05) is 0 Å². The van der Waals surface area contributed by atoms with E-state index < -0.39 is 5.82 Å². The Morgan fingerprint density at radius 1 is 1.22 bits per heavy atom. The van der Waals surface area contributed by atoms with E-state index in [1.165, 1.54) is 18.6 Å². The molecule has 0 heterocycles. The Hall–Kier alpha value is -1.56. The molecule has 0 N–H and O–H groups in total. The average molecular weight is 247 g/mol. The van der Waals surface area contributed by atoms with Crippen LogP contribution < -0.4 is 4.74 Å². The summed E-state index contributed by atoms with van der Waals surface area (Å²) in [5.74, 6) is 1.33. The van der Waals surface area contributed by atoms with Gasteiger partial charge in [0.2, 0.25) is 0 Å². The fourth-order valence-corrected chi connectivity index (χ4v) is 2.82. The van der Waals surface area contributed by atoms with Gasteiger partial charge in [0.1, 0.15) is 17.6 Å². The third kappa shape index (κ3) is 3.01. The van der Waals surface area contributed by atoms with Gasteiger partial charge in [-0.25, -0.2) is 4.39 Å². The molecule has 2 rings (SSSR count). The molecule has 0 aromatic heterocycles. The van der Waals surface area contributed by atoms with Crippen molar-refractivity contribution in [3.8, 4) is 11.8 Å². The highest BCUT2D eigenvalue weighted by Crippen LogP contribution is 2.31. The van der Waals surface area contributed by atoms with Crippen LogP contribution >= 0.6 is 0 Å². The Morgan fingerprint density at radius 2 is 1.89 bits per heavy atom. The third-order valence-corrected chi connectivity index (χ3v) is 3.50. The quantitative estimate of drug-likeness (QED) is 0.794. The smallest absolute Gasteiger partial charge is 0.144 e. The van der Waals surface area contributed by atoms with Crippen LogP contribution in [0.1, 0.15) is 38.7 Å². The van der Waals surface area contributed by atoms with Crippen molar-refractivity contribution in [2.45, 2.75) is 39.2 Å². The summed E-state index contributed by atoms with van der Waals surface area (Å²) >= 11 is 0. The number of hydrogen-bond acceptors (Lipinski definition) is 2. The molecule has 96 valence electrons. The number of nitrogens with zero attached hydrogens (tertiary/aromatic N) is 1. The lowest BCUT2D eigenvalue weighted by molar-refractivity contribution is 0.101. The summed E-state index contributed by atoms with van der Waals surface area (Å²) in [4.78, 5) is 0. The summed E-state index contributed by atoms with van der Waals surface area (Å²) < 4.78 is 19.3. The van der Waals surface area contributed by atoms with Crippen LogP contribution in [-0.2, 0) is 0 Å². The molecule has 2 atom stereocenters. The summed E-state index contributed by atoms with van der Waals surface area (Å²) in [6.07, 6.45) is 3.44. The van der Waals surface area contributed by atoms with Crippen molar-refractivity contribution in [1.82, 2.24) is 0 Å². The highest BCUT2D eigenvalue weighted by Gasteiger charge is 2.25. The van der Waals surface area contributed by atoms with Crippen molar-refractivity contribution in [3.05, 3.63) is 29.6 Å². The van der Waals surface area contributed by atoms with Gasteiger partial charge in [-0.2, -0.15) is 5.26 Å². The number of rotatable bonds is 2. The minimum absolute atomic E-state index is 0.0627. The Kier molecular flexibility index (Phi) is 3.86. The van der Waals surface area contributed by atoms with Crippen molar-refractivity contribution in [3.63, 3.8) is 0 Å². The molecule has 1 saturated carbocycles. The van der Waals surface area contributed by atoms with Gasteiger partial charge < -0.3 is 4.74 Å². The summed E-state index contributed by atoms with van der Waals surface area (Å²) in [5, 5.41) is 8.67. The predicted molar refractivity (Wildman–Crippen MR) is 67.7 cm³/mol. The summed E-state index contributed by atoms with van der Waals surface area (Å²) in [6.45, 7) is 4.46. The van der Waals surface area contributed by atoms with Gasteiger partial charge in [-0.3, -0.25) is 0 Å². The average Bonchev–Trinajstić information content (AvgIpc) is 2.27. The van der Waals surface area contributed by atoms with Crippen molar-refractivity contribution < 1.29 is 9.13 Å². The van der Waals surface area contributed by atoms with Gasteiger partial charge in [0, 0.05) is 6.07 Å². The number of benzene rings is 1. The van der Waals surface area contributed by atoms with E-state index in [-0.39, 0.29) is 11.7 Å². The van der Waals surface area contributed by atoms with Crippen LogP contribution in [0, 0.1) is 29.0 Å².